The van der Waals surface area contributed by atoms with Gasteiger partial charge >= 0.3 is 0 Å². The third-order valence-corrected chi connectivity index (χ3v) is 4.56. The monoisotopic (exact) mass is 451 g/mol. The van der Waals surface area contributed by atoms with E-state index in [2.05, 4.69) is 10.6 Å². The Morgan fingerprint density at radius 2 is 1.66 bits per heavy atom. The van der Waals surface area contributed by atoms with E-state index in [9.17, 15) is 14.9 Å². The van der Waals surface area contributed by atoms with Gasteiger partial charge in [0.05, 0.1) is 4.92 Å². The summed E-state index contributed by atoms with van der Waals surface area (Å²) in [6, 6.07) is 20.4. The molecule has 0 aliphatic carbocycles. The summed E-state index contributed by atoms with van der Waals surface area (Å²) in [5.41, 5.74) is 1.55. The number of carbonyl (C=O) groups excluding carboxylic acids is 1. The summed E-state index contributed by atoms with van der Waals surface area (Å²) in [7, 11) is 0. The van der Waals surface area contributed by atoms with E-state index in [0.29, 0.717) is 35.8 Å². The fourth-order valence-electron chi connectivity index (χ4n) is 2.79. The van der Waals surface area contributed by atoms with Crippen LogP contribution in [0.2, 0.25) is 0 Å². The van der Waals surface area contributed by atoms with Crippen LogP contribution in [0.4, 0.5) is 11.4 Å². The van der Waals surface area contributed by atoms with Gasteiger partial charge in [-0.3, -0.25) is 20.2 Å². The maximum Gasteiger partial charge on any atom is 0.269 e. The van der Waals surface area contributed by atoms with Gasteiger partial charge in [-0.25, -0.2) is 0 Å². The van der Waals surface area contributed by atoms with Gasteiger partial charge in [-0.2, -0.15) is 0 Å². The molecule has 3 aromatic carbocycles. The van der Waals surface area contributed by atoms with Crippen LogP contribution < -0.4 is 20.1 Å². The first-order chi connectivity index (χ1) is 15.4. The number of amides is 1. The number of hydrogen-bond donors (Lipinski definition) is 2. The number of anilines is 1. The minimum atomic E-state index is -0.472. The summed E-state index contributed by atoms with van der Waals surface area (Å²) in [5.74, 6) is 0.876. The molecule has 32 heavy (non-hydrogen) atoms. The number of carbonyl (C=O) groups is 1. The number of ether oxygens (including phenoxy) is 2. The number of nitro benzene ring substituents is 1. The highest BCUT2D eigenvalue weighted by atomic mass is 32.1. The van der Waals surface area contributed by atoms with Crippen molar-refractivity contribution in [3.05, 3.63) is 94.0 Å². The first kappa shape index (κ1) is 22.7. The number of hydrogen-bond acceptors (Lipinski definition) is 6. The summed E-state index contributed by atoms with van der Waals surface area (Å²) in [6.45, 7) is 2.39. The van der Waals surface area contributed by atoms with Gasteiger partial charge in [0.25, 0.3) is 11.6 Å². The van der Waals surface area contributed by atoms with Gasteiger partial charge in [-0.1, -0.05) is 24.3 Å². The molecular formula is C23H21N3O5S. The Hall–Kier alpha value is -3.98. The van der Waals surface area contributed by atoms with Crippen molar-refractivity contribution < 1.29 is 19.2 Å². The van der Waals surface area contributed by atoms with Crippen molar-refractivity contribution >= 4 is 34.6 Å². The van der Waals surface area contributed by atoms with Gasteiger partial charge < -0.3 is 14.8 Å². The molecule has 0 fully saturated rings. The van der Waals surface area contributed by atoms with Crippen molar-refractivity contribution in [1.82, 2.24) is 5.32 Å². The molecular weight excluding hydrogens is 430 g/mol. The molecule has 0 aliphatic heterocycles. The van der Waals surface area contributed by atoms with E-state index in [1.165, 1.54) is 18.2 Å². The van der Waals surface area contributed by atoms with Crippen molar-refractivity contribution in [3.63, 3.8) is 0 Å². The van der Waals surface area contributed by atoms with Gasteiger partial charge in [0, 0.05) is 23.4 Å². The lowest BCUT2D eigenvalue weighted by atomic mass is 10.2. The van der Waals surface area contributed by atoms with Gasteiger partial charge in [0.2, 0.25) is 0 Å². The van der Waals surface area contributed by atoms with E-state index in [1.54, 1.807) is 31.2 Å². The maximum atomic E-state index is 12.5. The van der Waals surface area contributed by atoms with Crippen LogP contribution in [0, 0.1) is 17.0 Å². The zero-order chi connectivity index (χ0) is 22.9. The van der Waals surface area contributed by atoms with Crippen LogP contribution in [-0.2, 0) is 0 Å². The predicted octanol–water partition coefficient (Wildman–Crippen LogP) is 4.49. The maximum absolute atomic E-state index is 12.5. The lowest BCUT2D eigenvalue weighted by Gasteiger charge is -2.12. The molecule has 2 N–H and O–H groups in total. The number of rotatable bonds is 8. The van der Waals surface area contributed by atoms with Gasteiger partial charge in [0.15, 0.2) is 5.11 Å². The molecule has 0 bridgehead atoms. The molecule has 0 spiro atoms. The summed E-state index contributed by atoms with van der Waals surface area (Å²) in [6.07, 6.45) is 0. The highest BCUT2D eigenvalue weighted by Gasteiger charge is 2.12. The van der Waals surface area contributed by atoms with Crippen molar-refractivity contribution in [3.8, 4) is 11.5 Å². The predicted molar refractivity (Wildman–Crippen MR) is 125 cm³/mol. The molecule has 0 saturated heterocycles. The van der Waals surface area contributed by atoms with Crippen LogP contribution >= 0.6 is 12.2 Å². The van der Waals surface area contributed by atoms with E-state index < -0.39 is 10.8 Å². The molecule has 0 saturated carbocycles. The zero-order valence-corrected chi connectivity index (χ0v) is 18.1. The Kier molecular flexibility index (Phi) is 7.71. The van der Waals surface area contributed by atoms with Gasteiger partial charge in [-0.15, -0.1) is 0 Å². The van der Waals surface area contributed by atoms with Gasteiger partial charge in [0.1, 0.15) is 24.7 Å². The summed E-state index contributed by atoms with van der Waals surface area (Å²) in [4.78, 5) is 22.9. The first-order valence-corrected chi connectivity index (χ1v) is 10.1. The summed E-state index contributed by atoms with van der Waals surface area (Å²) in [5, 5.41) is 16.4. The number of nitro groups is 1. The average molecular weight is 452 g/mol. The van der Waals surface area contributed by atoms with Crippen LogP contribution in [0.15, 0.2) is 72.8 Å². The normalized spacial score (nSPS) is 10.2. The molecule has 3 rings (SSSR count). The number of para-hydroxylation sites is 1. The molecule has 1 amide bonds. The lowest BCUT2D eigenvalue weighted by Crippen LogP contribution is -2.34. The first-order valence-electron chi connectivity index (χ1n) is 9.70. The smallest absolute Gasteiger partial charge is 0.269 e. The second-order valence-corrected chi connectivity index (χ2v) is 7.11. The van der Waals surface area contributed by atoms with E-state index in [4.69, 9.17) is 21.7 Å². The van der Waals surface area contributed by atoms with E-state index in [1.807, 2.05) is 30.3 Å². The minimum absolute atomic E-state index is 0.0195. The molecule has 0 unspecified atom stereocenters. The Morgan fingerprint density at radius 1 is 0.969 bits per heavy atom. The fourth-order valence-corrected chi connectivity index (χ4v) is 3.00. The molecule has 8 nitrogen and oxygen atoms in total. The number of aryl methyl sites for hydroxylation is 1. The minimum Gasteiger partial charge on any atom is -0.490 e. The van der Waals surface area contributed by atoms with E-state index in [-0.39, 0.29) is 10.8 Å². The highest BCUT2D eigenvalue weighted by Crippen LogP contribution is 2.21. The number of nitrogens with one attached hydrogen (secondary N) is 2. The van der Waals surface area contributed by atoms with E-state index >= 15 is 0 Å². The Labute approximate surface area is 190 Å². The molecule has 3 aromatic rings. The van der Waals surface area contributed by atoms with Crippen molar-refractivity contribution in [2.45, 2.75) is 6.92 Å². The standard InChI is InChI=1S/C23H21N3O5S/c1-16-14-18(26(28)29)10-11-21(16)24-23(32)25-22(27)17-6-5-9-20(15-17)31-13-12-30-19-7-3-2-4-8-19/h2-11,14-15H,12-13H2,1H3,(H2,24,25,27,32). The largest absolute Gasteiger partial charge is 0.490 e. The molecule has 0 heterocycles. The molecule has 0 radical (unpaired) electrons. The van der Waals surface area contributed by atoms with Crippen LogP contribution in [0.1, 0.15) is 15.9 Å². The topological polar surface area (TPSA) is 103 Å². The van der Waals surface area contributed by atoms with Crippen LogP contribution in [-0.4, -0.2) is 29.2 Å². The van der Waals surface area contributed by atoms with Crippen LogP contribution in [0.5, 0.6) is 11.5 Å². The summed E-state index contributed by atoms with van der Waals surface area (Å²) >= 11 is 5.20. The molecule has 9 heteroatoms. The number of thiocarbonyl (C=S) groups is 1. The zero-order valence-electron chi connectivity index (χ0n) is 17.2. The third kappa shape index (κ3) is 6.51. The fraction of sp³-hybridized carbons (Fsp3) is 0.130. The molecule has 0 atom stereocenters. The SMILES string of the molecule is Cc1cc([N+](=O)[O-])ccc1NC(=S)NC(=O)c1cccc(OCCOc2ccccc2)c1. The lowest BCUT2D eigenvalue weighted by molar-refractivity contribution is -0.384. The molecule has 0 aromatic heterocycles. The average Bonchev–Trinajstić information content (AvgIpc) is 2.79. The second kappa shape index (κ2) is 10.9. The Morgan fingerprint density at radius 3 is 2.34 bits per heavy atom. The molecule has 0 aliphatic rings. The Bertz CT molecular complexity index is 1120. The van der Waals surface area contributed by atoms with Crippen LogP contribution in [0.25, 0.3) is 0 Å². The van der Waals surface area contributed by atoms with Crippen molar-refractivity contribution in [2.75, 3.05) is 18.5 Å². The van der Waals surface area contributed by atoms with E-state index in [0.717, 1.165) is 5.75 Å². The Balaban J connectivity index is 1.51. The summed E-state index contributed by atoms with van der Waals surface area (Å²) < 4.78 is 11.2. The number of nitrogens with zero attached hydrogens (tertiary/aromatic N) is 1. The van der Waals surface area contributed by atoms with Crippen molar-refractivity contribution in [1.29, 1.82) is 0 Å². The molecule has 164 valence electrons. The number of non-ortho nitro benzene ring substituents is 1. The van der Waals surface area contributed by atoms with Crippen LogP contribution in [0.3, 0.4) is 0 Å². The van der Waals surface area contributed by atoms with Crippen molar-refractivity contribution in [2.24, 2.45) is 0 Å². The van der Waals surface area contributed by atoms with Gasteiger partial charge in [-0.05, 0) is 61.1 Å². The third-order valence-electron chi connectivity index (χ3n) is 4.36. The highest BCUT2D eigenvalue weighted by molar-refractivity contribution is 7.80. The quantitative estimate of drug-likeness (QED) is 0.225. The number of benzene rings is 3. The second-order valence-electron chi connectivity index (χ2n) is 6.70.